The third kappa shape index (κ3) is 4.52. The molecule has 0 saturated carbocycles. The molecule has 0 aliphatic heterocycles. The Bertz CT molecular complexity index is 746. The zero-order valence-electron chi connectivity index (χ0n) is 12.6. The second kappa shape index (κ2) is 7.56. The molecule has 0 radical (unpaired) electrons. The number of carbonyl (C=O) groups excluding carboxylic acids is 2. The fraction of sp³-hybridized carbons (Fsp3) is 0.267. The first-order valence-corrected chi connectivity index (χ1v) is 8.45. The Morgan fingerprint density at radius 1 is 1.43 bits per heavy atom. The summed E-state index contributed by atoms with van der Waals surface area (Å²) in [5.41, 5.74) is 6.11. The molecule has 5 nitrogen and oxygen atoms in total. The van der Waals surface area contributed by atoms with E-state index in [1.165, 1.54) is 42.3 Å². The van der Waals surface area contributed by atoms with Crippen molar-refractivity contribution in [3.8, 4) is 5.75 Å². The number of amides is 1. The molecule has 2 N–H and O–H groups in total. The van der Waals surface area contributed by atoms with Gasteiger partial charge in [-0.15, -0.1) is 11.3 Å². The van der Waals surface area contributed by atoms with Crippen LogP contribution in [-0.2, 0) is 11.2 Å². The summed E-state index contributed by atoms with van der Waals surface area (Å²) in [5, 5.41) is 0. The maximum Gasteiger partial charge on any atom is 0.222 e. The molecule has 122 valence electrons. The summed E-state index contributed by atoms with van der Waals surface area (Å²) < 4.78 is 19.1. The number of benzene rings is 1. The van der Waals surface area contributed by atoms with Crippen LogP contribution in [0.5, 0.6) is 5.75 Å². The van der Waals surface area contributed by atoms with E-state index in [9.17, 15) is 14.0 Å². The van der Waals surface area contributed by atoms with Crippen LogP contribution in [-0.4, -0.2) is 29.5 Å². The van der Waals surface area contributed by atoms with Gasteiger partial charge in [0.1, 0.15) is 11.6 Å². The van der Waals surface area contributed by atoms with E-state index in [0.29, 0.717) is 10.1 Å². The van der Waals surface area contributed by atoms with Gasteiger partial charge in [0.25, 0.3) is 0 Å². The zero-order chi connectivity index (χ0) is 17.0. The summed E-state index contributed by atoms with van der Waals surface area (Å²) >= 11 is 2.57. The number of thiazole rings is 1. The Morgan fingerprint density at radius 3 is 2.83 bits per heavy atom. The van der Waals surface area contributed by atoms with Gasteiger partial charge in [-0.2, -0.15) is 0 Å². The molecular weight excluding hydrogens is 339 g/mol. The van der Waals surface area contributed by atoms with Gasteiger partial charge in [-0.3, -0.25) is 9.59 Å². The molecule has 0 fully saturated rings. The highest BCUT2D eigenvalue weighted by molar-refractivity contribution is 8.01. The molecule has 1 amide bonds. The highest BCUT2D eigenvalue weighted by Gasteiger charge is 2.16. The lowest BCUT2D eigenvalue weighted by Gasteiger charge is -2.06. The number of halogens is 1. The summed E-state index contributed by atoms with van der Waals surface area (Å²) in [6.07, 6.45) is 0.135. The fourth-order valence-electron chi connectivity index (χ4n) is 1.89. The molecule has 0 spiro atoms. The number of methoxy groups -OCH3 is 1. The van der Waals surface area contributed by atoms with Gasteiger partial charge in [-0.25, -0.2) is 9.37 Å². The van der Waals surface area contributed by atoms with Crippen molar-refractivity contribution < 1.29 is 18.7 Å². The van der Waals surface area contributed by atoms with E-state index in [-0.39, 0.29) is 23.5 Å². The van der Waals surface area contributed by atoms with Crippen molar-refractivity contribution in [2.75, 3.05) is 12.9 Å². The van der Waals surface area contributed by atoms with Crippen molar-refractivity contribution in [1.82, 2.24) is 4.98 Å². The number of hydrogen-bond donors (Lipinski definition) is 1. The molecule has 1 aromatic carbocycles. The number of Topliss-reactive ketones (excluding diaryl/α,β-unsaturated/α-hetero) is 1. The van der Waals surface area contributed by atoms with Gasteiger partial charge in [-0.05, 0) is 25.1 Å². The SMILES string of the molecule is COc1ccc(F)cc1C(=O)CSc1nc(C)c(CC(N)=O)s1. The first-order chi connectivity index (χ1) is 10.9. The molecule has 2 rings (SSSR count). The molecule has 23 heavy (non-hydrogen) atoms. The maximum atomic E-state index is 13.3. The second-order valence-corrected chi connectivity index (χ2v) is 6.99. The first kappa shape index (κ1) is 17.4. The molecule has 8 heteroatoms. The Balaban J connectivity index is 2.08. The summed E-state index contributed by atoms with van der Waals surface area (Å²) in [6.45, 7) is 1.79. The van der Waals surface area contributed by atoms with Crippen LogP contribution in [0.1, 0.15) is 20.9 Å². The molecule has 0 unspecified atom stereocenters. The van der Waals surface area contributed by atoms with Crippen molar-refractivity contribution in [2.45, 2.75) is 17.7 Å². The molecule has 1 heterocycles. The molecular formula is C15H15FN2O3S2. The fourth-order valence-corrected chi connectivity index (χ4v) is 4.02. The van der Waals surface area contributed by atoms with Crippen LogP contribution in [0.2, 0.25) is 0 Å². The standard InChI is InChI=1S/C15H15FN2O3S2/c1-8-13(6-14(17)20)23-15(18-8)22-7-11(19)10-5-9(16)3-4-12(10)21-2/h3-5H,6-7H2,1-2H3,(H2,17,20). The number of ketones is 1. The quantitative estimate of drug-likeness (QED) is 0.610. The zero-order valence-corrected chi connectivity index (χ0v) is 14.2. The lowest BCUT2D eigenvalue weighted by atomic mass is 10.1. The first-order valence-electron chi connectivity index (χ1n) is 6.65. The number of rotatable bonds is 7. The van der Waals surface area contributed by atoms with Gasteiger partial charge < -0.3 is 10.5 Å². The number of aryl methyl sites for hydroxylation is 1. The van der Waals surface area contributed by atoms with Gasteiger partial charge >= 0.3 is 0 Å². The van der Waals surface area contributed by atoms with Gasteiger partial charge in [0.05, 0.1) is 30.5 Å². The molecule has 0 aliphatic carbocycles. The van der Waals surface area contributed by atoms with Crippen LogP contribution in [0.3, 0.4) is 0 Å². The van der Waals surface area contributed by atoms with Crippen molar-refractivity contribution in [3.63, 3.8) is 0 Å². The van der Waals surface area contributed by atoms with Gasteiger partial charge in [0.2, 0.25) is 5.91 Å². The van der Waals surface area contributed by atoms with Gasteiger partial charge in [0, 0.05) is 4.88 Å². The molecule has 0 aliphatic rings. The number of nitrogens with zero attached hydrogens (tertiary/aromatic N) is 1. The molecule has 0 saturated heterocycles. The van der Waals surface area contributed by atoms with Gasteiger partial charge in [0.15, 0.2) is 10.1 Å². The number of nitrogens with two attached hydrogens (primary N) is 1. The monoisotopic (exact) mass is 354 g/mol. The highest BCUT2D eigenvalue weighted by Crippen LogP contribution is 2.29. The van der Waals surface area contributed by atoms with E-state index in [4.69, 9.17) is 10.5 Å². The summed E-state index contributed by atoms with van der Waals surface area (Å²) in [5.74, 6) is -0.734. The lowest BCUT2D eigenvalue weighted by Crippen LogP contribution is -2.13. The molecule has 0 atom stereocenters. The summed E-state index contributed by atoms with van der Waals surface area (Å²) in [6, 6.07) is 3.82. The third-order valence-corrected chi connectivity index (χ3v) is 5.30. The predicted octanol–water partition coefficient (Wildman–Crippen LogP) is 2.60. The second-order valence-electron chi connectivity index (χ2n) is 4.69. The van der Waals surface area contributed by atoms with E-state index in [1.54, 1.807) is 6.92 Å². The van der Waals surface area contributed by atoms with Crippen molar-refractivity contribution in [3.05, 3.63) is 40.2 Å². The van der Waals surface area contributed by atoms with E-state index < -0.39 is 11.7 Å². The van der Waals surface area contributed by atoms with Crippen LogP contribution in [0.25, 0.3) is 0 Å². The minimum Gasteiger partial charge on any atom is -0.496 e. The Hall–Kier alpha value is -1.93. The average Bonchev–Trinajstić information content (AvgIpc) is 2.84. The van der Waals surface area contributed by atoms with Crippen LogP contribution in [0.4, 0.5) is 4.39 Å². The van der Waals surface area contributed by atoms with Crippen LogP contribution >= 0.6 is 23.1 Å². The van der Waals surface area contributed by atoms with Crippen molar-refractivity contribution >= 4 is 34.8 Å². The van der Waals surface area contributed by atoms with Gasteiger partial charge in [-0.1, -0.05) is 11.8 Å². The smallest absolute Gasteiger partial charge is 0.222 e. The van der Waals surface area contributed by atoms with E-state index in [0.717, 1.165) is 16.6 Å². The van der Waals surface area contributed by atoms with Crippen molar-refractivity contribution in [2.24, 2.45) is 5.73 Å². The number of thioether (sulfide) groups is 1. The Morgan fingerprint density at radius 2 is 2.17 bits per heavy atom. The van der Waals surface area contributed by atoms with Crippen LogP contribution in [0, 0.1) is 12.7 Å². The predicted molar refractivity (Wildman–Crippen MR) is 87.8 cm³/mol. The Labute approximate surface area is 141 Å². The van der Waals surface area contributed by atoms with E-state index in [2.05, 4.69) is 4.98 Å². The number of hydrogen-bond acceptors (Lipinski definition) is 6. The van der Waals surface area contributed by atoms with Crippen LogP contribution < -0.4 is 10.5 Å². The molecule has 1 aromatic heterocycles. The Kier molecular flexibility index (Phi) is 5.73. The van der Waals surface area contributed by atoms with E-state index >= 15 is 0 Å². The third-order valence-electron chi connectivity index (χ3n) is 3.00. The number of primary amides is 1. The lowest BCUT2D eigenvalue weighted by molar-refractivity contribution is -0.117. The number of aromatic nitrogens is 1. The highest BCUT2D eigenvalue weighted by atomic mass is 32.2. The summed E-state index contributed by atoms with van der Waals surface area (Å²) in [7, 11) is 1.43. The van der Waals surface area contributed by atoms with E-state index in [1.807, 2.05) is 0 Å². The van der Waals surface area contributed by atoms with Crippen molar-refractivity contribution in [1.29, 1.82) is 0 Å². The minimum absolute atomic E-state index is 0.1000. The number of ether oxygens (including phenoxy) is 1. The minimum atomic E-state index is -0.493. The number of carbonyl (C=O) groups is 2. The van der Waals surface area contributed by atoms with Crippen LogP contribution in [0.15, 0.2) is 22.5 Å². The largest absolute Gasteiger partial charge is 0.496 e. The summed E-state index contributed by atoms with van der Waals surface area (Å²) in [4.78, 5) is 28.3. The topological polar surface area (TPSA) is 82.3 Å². The normalized spacial score (nSPS) is 10.6. The maximum absolute atomic E-state index is 13.3. The molecule has 2 aromatic rings. The average molecular weight is 354 g/mol. The molecule has 0 bridgehead atoms.